The molecule has 2 aliphatic rings. The number of hydrogen-bond donors (Lipinski definition) is 0. The molecule has 2 fully saturated rings. The maximum atomic E-state index is 14.4. The second-order valence-corrected chi connectivity index (χ2v) is 7.82. The van der Waals surface area contributed by atoms with Gasteiger partial charge in [-0.2, -0.15) is 0 Å². The van der Waals surface area contributed by atoms with E-state index in [2.05, 4.69) is 22.6 Å². The average molecular weight is 438 g/mol. The monoisotopic (exact) mass is 438 g/mol. The van der Waals surface area contributed by atoms with Gasteiger partial charge in [0.05, 0.1) is 31.0 Å². The molecule has 1 aromatic carbocycles. The van der Waals surface area contributed by atoms with Crippen molar-refractivity contribution in [1.29, 1.82) is 0 Å². The number of rotatable bonds is 3. The molecule has 120 valence electrons. The summed E-state index contributed by atoms with van der Waals surface area (Å²) in [5.74, 6) is 0.768. The molecule has 1 aromatic rings. The van der Waals surface area contributed by atoms with Crippen molar-refractivity contribution in [3.63, 3.8) is 0 Å². The molecular formula is C14H16FIN2O3S. The summed E-state index contributed by atoms with van der Waals surface area (Å²) in [6, 6.07) is 4.79. The first-order valence-corrected chi connectivity index (χ1v) is 10.0. The first-order chi connectivity index (χ1) is 10.6. The lowest BCUT2D eigenvalue weighted by molar-refractivity contribution is 0.153. The molecule has 8 heteroatoms. The number of carbonyl (C=O) groups is 1. The average Bonchev–Trinajstić information content (AvgIpc) is 2.89. The van der Waals surface area contributed by atoms with Crippen LogP contribution < -0.4 is 9.80 Å². The number of alkyl halides is 1. The standard InChI is InChI=1S/C14H16FIN2O3S/c15-12-7-10(18-9-11(8-16)21-14(18)19)1-2-13(12)17-3-5-22(20)6-4-17/h1-2,7,11H,3-6,8-9H2/t11-/m0/s1. The van der Waals surface area contributed by atoms with Gasteiger partial charge in [0.1, 0.15) is 23.4 Å². The largest absolute Gasteiger partial charge is 0.616 e. The molecule has 3 rings (SSSR count). The Bertz CT molecular complexity index is 569. The van der Waals surface area contributed by atoms with E-state index < -0.39 is 17.3 Å². The van der Waals surface area contributed by atoms with Crippen molar-refractivity contribution in [3.8, 4) is 0 Å². The third kappa shape index (κ3) is 3.28. The van der Waals surface area contributed by atoms with E-state index in [1.807, 2.05) is 4.90 Å². The van der Waals surface area contributed by atoms with Gasteiger partial charge in [0.15, 0.2) is 0 Å². The summed E-state index contributed by atoms with van der Waals surface area (Å²) >= 11 is 1.37. The van der Waals surface area contributed by atoms with Crippen molar-refractivity contribution >= 4 is 51.2 Å². The summed E-state index contributed by atoms with van der Waals surface area (Å²) in [7, 11) is 0. The molecule has 0 radical (unpaired) electrons. The minimum atomic E-state index is -0.792. The third-order valence-electron chi connectivity index (χ3n) is 3.81. The Labute approximate surface area is 145 Å². The summed E-state index contributed by atoms with van der Waals surface area (Å²) < 4.78 is 31.7. The van der Waals surface area contributed by atoms with E-state index >= 15 is 0 Å². The molecule has 22 heavy (non-hydrogen) atoms. The molecule has 0 unspecified atom stereocenters. The molecule has 0 spiro atoms. The lowest BCUT2D eigenvalue weighted by Crippen LogP contribution is -2.40. The first-order valence-electron chi connectivity index (χ1n) is 7.02. The fourth-order valence-corrected chi connectivity index (χ4v) is 4.12. The SMILES string of the molecule is O=C1O[C@@H](CI)CN1c1ccc(N2CC[S+]([O-])CC2)c(F)c1. The van der Waals surface area contributed by atoms with Gasteiger partial charge in [-0.3, -0.25) is 4.90 Å². The second-order valence-electron chi connectivity index (χ2n) is 5.24. The topological polar surface area (TPSA) is 55.8 Å². The summed E-state index contributed by atoms with van der Waals surface area (Å²) in [6.07, 6.45) is -0.574. The molecule has 0 N–H and O–H groups in total. The van der Waals surface area contributed by atoms with Gasteiger partial charge in [-0.15, -0.1) is 0 Å². The molecule has 2 aliphatic heterocycles. The van der Waals surface area contributed by atoms with Gasteiger partial charge < -0.3 is 14.2 Å². The number of hydrogen-bond acceptors (Lipinski definition) is 4. The molecule has 0 bridgehead atoms. The molecule has 0 saturated carbocycles. The molecule has 1 amide bonds. The van der Waals surface area contributed by atoms with Gasteiger partial charge in [-0.05, 0) is 18.2 Å². The van der Waals surface area contributed by atoms with E-state index in [0.717, 1.165) is 0 Å². The van der Waals surface area contributed by atoms with Crippen molar-refractivity contribution in [2.45, 2.75) is 6.10 Å². The van der Waals surface area contributed by atoms with E-state index in [1.54, 1.807) is 12.1 Å². The molecule has 2 heterocycles. The molecule has 1 atom stereocenters. The minimum Gasteiger partial charge on any atom is -0.616 e. The van der Waals surface area contributed by atoms with Crippen LogP contribution >= 0.6 is 22.6 Å². The van der Waals surface area contributed by atoms with Gasteiger partial charge in [0.2, 0.25) is 0 Å². The molecule has 5 nitrogen and oxygen atoms in total. The maximum Gasteiger partial charge on any atom is 0.414 e. The molecule has 0 aliphatic carbocycles. The van der Waals surface area contributed by atoms with Crippen molar-refractivity contribution < 1.29 is 18.5 Å². The van der Waals surface area contributed by atoms with Gasteiger partial charge in [0, 0.05) is 4.43 Å². The Morgan fingerprint density at radius 2 is 2.14 bits per heavy atom. The molecular weight excluding hydrogens is 422 g/mol. The van der Waals surface area contributed by atoms with Crippen molar-refractivity contribution in [2.75, 3.05) is 45.4 Å². The number of halogens is 2. The first kappa shape index (κ1) is 16.1. The predicted molar refractivity (Wildman–Crippen MR) is 93.0 cm³/mol. The summed E-state index contributed by atoms with van der Waals surface area (Å²) in [5.41, 5.74) is 1.01. The normalized spacial score (nSPS) is 23.0. The van der Waals surface area contributed by atoms with E-state index in [9.17, 15) is 13.7 Å². The maximum absolute atomic E-state index is 14.4. The Balaban J connectivity index is 1.76. The summed E-state index contributed by atoms with van der Waals surface area (Å²) in [6.45, 7) is 1.63. The van der Waals surface area contributed by atoms with Gasteiger partial charge in [-0.1, -0.05) is 33.8 Å². The van der Waals surface area contributed by atoms with Crippen molar-refractivity contribution in [1.82, 2.24) is 0 Å². The zero-order chi connectivity index (χ0) is 15.7. The van der Waals surface area contributed by atoms with Crippen LogP contribution in [0.2, 0.25) is 0 Å². The molecule has 0 aromatic heterocycles. The smallest absolute Gasteiger partial charge is 0.414 e. The van der Waals surface area contributed by atoms with Gasteiger partial charge in [0.25, 0.3) is 0 Å². The number of ether oxygens (including phenoxy) is 1. The van der Waals surface area contributed by atoms with Crippen LogP contribution in [0, 0.1) is 5.82 Å². The number of anilines is 2. The number of amides is 1. The minimum absolute atomic E-state index is 0.145. The number of benzene rings is 1. The highest BCUT2D eigenvalue weighted by Crippen LogP contribution is 2.29. The highest BCUT2D eigenvalue weighted by molar-refractivity contribution is 14.1. The Kier molecular flexibility index (Phi) is 4.98. The number of carbonyl (C=O) groups excluding carboxylic acids is 1. The van der Waals surface area contributed by atoms with Crippen LogP contribution in [0.15, 0.2) is 18.2 Å². The lowest BCUT2D eigenvalue weighted by Gasteiger charge is -2.30. The van der Waals surface area contributed by atoms with Crippen LogP contribution in [0.1, 0.15) is 0 Å². The Morgan fingerprint density at radius 3 is 2.73 bits per heavy atom. The second kappa shape index (κ2) is 6.79. The van der Waals surface area contributed by atoms with Crippen LogP contribution in [0.5, 0.6) is 0 Å². The highest BCUT2D eigenvalue weighted by Gasteiger charge is 2.32. The molecule has 2 saturated heterocycles. The zero-order valence-electron chi connectivity index (χ0n) is 11.8. The van der Waals surface area contributed by atoms with Crippen LogP contribution in [0.4, 0.5) is 20.6 Å². The lowest BCUT2D eigenvalue weighted by atomic mass is 10.2. The Hall–Kier alpha value is -0.740. The van der Waals surface area contributed by atoms with E-state index in [-0.39, 0.29) is 11.9 Å². The van der Waals surface area contributed by atoms with Gasteiger partial charge >= 0.3 is 6.09 Å². The Morgan fingerprint density at radius 1 is 1.41 bits per heavy atom. The predicted octanol–water partition coefficient (Wildman–Crippen LogP) is 2.15. The van der Waals surface area contributed by atoms with Crippen LogP contribution in [-0.4, -0.2) is 52.3 Å². The fourth-order valence-electron chi connectivity index (χ4n) is 2.61. The number of cyclic esters (lactones) is 1. The van der Waals surface area contributed by atoms with Crippen molar-refractivity contribution in [3.05, 3.63) is 24.0 Å². The summed E-state index contributed by atoms with van der Waals surface area (Å²) in [4.78, 5) is 15.2. The van der Waals surface area contributed by atoms with E-state index in [0.29, 0.717) is 46.9 Å². The van der Waals surface area contributed by atoms with Crippen LogP contribution in [0.3, 0.4) is 0 Å². The third-order valence-corrected chi connectivity index (χ3v) is 6.07. The summed E-state index contributed by atoms with van der Waals surface area (Å²) in [5, 5.41) is 0. The van der Waals surface area contributed by atoms with Crippen LogP contribution in [0.25, 0.3) is 0 Å². The highest BCUT2D eigenvalue weighted by atomic mass is 127. The van der Waals surface area contributed by atoms with Crippen molar-refractivity contribution in [2.24, 2.45) is 0 Å². The van der Waals surface area contributed by atoms with E-state index in [1.165, 1.54) is 11.0 Å². The number of nitrogens with zero attached hydrogens (tertiary/aromatic N) is 2. The van der Waals surface area contributed by atoms with Gasteiger partial charge in [-0.25, -0.2) is 9.18 Å². The van der Waals surface area contributed by atoms with E-state index in [4.69, 9.17) is 4.74 Å². The fraction of sp³-hybridized carbons (Fsp3) is 0.500. The zero-order valence-corrected chi connectivity index (χ0v) is 14.8. The van der Waals surface area contributed by atoms with Crippen LogP contribution in [-0.2, 0) is 15.9 Å². The quantitative estimate of drug-likeness (QED) is 0.413.